The van der Waals surface area contributed by atoms with Crippen LogP contribution in [0.3, 0.4) is 0 Å². The second-order valence-corrected chi connectivity index (χ2v) is 7.33. The second kappa shape index (κ2) is 7.40. The molecule has 3 aromatic rings. The van der Waals surface area contributed by atoms with Crippen molar-refractivity contribution in [1.29, 1.82) is 0 Å². The number of thiophene rings is 1. The number of ether oxygens (including phenoxy) is 1. The number of aryl methyl sites for hydroxylation is 1. The fourth-order valence-electron chi connectivity index (χ4n) is 2.95. The summed E-state index contributed by atoms with van der Waals surface area (Å²) in [4.78, 5) is 38.8. The van der Waals surface area contributed by atoms with Crippen LogP contribution in [-0.4, -0.2) is 34.4 Å². The Hall–Kier alpha value is -3.26. The van der Waals surface area contributed by atoms with Crippen LogP contribution in [0.2, 0.25) is 0 Å². The molecular formula is C20H16N2O5S. The molecule has 142 valence electrons. The zero-order chi connectivity index (χ0) is 19.7. The highest BCUT2D eigenvalue weighted by atomic mass is 32.1. The molecule has 0 unspecified atom stereocenters. The van der Waals surface area contributed by atoms with E-state index in [4.69, 9.17) is 9.26 Å². The summed E-state index contributed by atoms with van der Waals surface area (Å²) in [5.74, 6) is -0.672. The zero-order valence-electron chi connectivity index (χ0n) is 15.0. The minimum atomic E-state index is -0.520. The van der Waals surface area contributed by atoms with Crippen LogP contribution in [0.1, 0.15) is 38.4 Å². The Bertz CT molecular complexity index is 1050. The maximum atomic E-state index is 12.4. The van der Waals surface area contributed by atoms with Crippen LogP contribution < -0.4 is 0 Å². The molecule has 4 rings (SSSR count). The van der Waals surface area contributed by atoms with Crippen molar-refractivity contribution in [3.05, 3.63) is 64.2 Å². The molecule has 0 atom stereocenters. The van der Waals surface area contributed by atoms with Crippen molar-refractivity contribution in [2.75, 3.05) is 6.54 Å². The van der Waals surface area contributed by atoms with E-state index in [9.17, 15) is 14.4 Å². The predicted octanol–water partition coefficient (Wildman–Crippen LogP) is 3.44. The molecule has 1 aromatic carbocycles. The number of carbonyl (C=O) groups is 3. The molecule has 3 heterocycles. The van der Waals surface area contributed by atoms with Gasteiger partial charge in [0.1, 0.15) is 12.3 Å². The zero-order valence-corrected chi connectivity index (χ0v) is 15.8. The maximum absolute atomic E-state index is 12.4. The van der Waals surface area contributed by atoms with Crippen LogP contribution >= 0.6 is 11.3 Å². The minimum absolute atomic E-state index is 0.0243. The molecule has 1 aliphatic rings. The molecule has 0 saturated carbocycles. The predicted molar refractivity (Wildman–Crippen MR) is 101 cm³/mol. The van der Waals surface area contributed by atoms with Gasteiger partial charge in [0.15, 0.2) is 5.76 Å². The first-order valence-electron chi connectivity index (χ1n) is 8.65. The van der Waals surface area contributed by atoms with Gasteiger partial charge in [0.05, 0.1) is 22.4 Å². The molecule has 2 amide bonds. The fraction of sp³-hybridized carbons (Fsp3) is 0.200. The van der Waals surface area contributed by atoms with E-state index in [1.165, 1.54) is 11.3 Å². The Balaban J connectivity index is 1.31. The lowest BCUT2D eigenvalue weighted by Gasteiger charge is -2.12. The van der Waals surface area contributed by atoms with Gasteiger partial charge >= 0.3 is 5.97 Å². The summed E-state index contributed by atoms with van der Waals surface area (Å²) in [6.45, 7) is 1.80. The Labute approximate surface area is 164 Å². The summed E-state index contributed by atoms with van der Waals surface area (Å²) in [6, 6.07) is 10.6. The quantitative estimate of drug-likeness (QED) is 0.468. The summed E-state index contributed by atoms with van der Waals surface area (Å²) in [6.07, 6.45) is -0.0833. The Morgan fingerprint density at radius 2 is 2.00 bits per heavy atom. The number of esters is 1. The first-order valence-corrected chi connectivity index (χ1v) is 9.53. The summed E-state index contributed by atoms with van der Waals surface area (Å²) in [5.41, 5.74) is 2.14. The molecule has 0 bridgehead atoms. The van der Waals surface area contributed by atoms with Crippen LogP contribution in [-0.2, 0) is 16.1 Å². The van der Waals surface area contributed by atoms with Crippen molar-refractivity contribution in [2.45, 2.75) is 20.0 Å². The van der Waals surface area contributed by atoms with Gasteiger partial charge in [0, 0.05) is 12.6 Å². The SMILES string of the molecule is Cc1ccc2c(c1)C(=O)N(CCC(=O)OCc1cc(-c3cccs3)on1)C2=O. The molecule has 28 heavy (non-hydrogen) atoms. The lowest BCUT2D eigenvalue weighted by atomic mass is 10.1. The first kappa shape index (κ1) is 18.1. The molecule has 8 heteroatoms. The third-order valence-electron chi connectivity index (χ3n) is 4.37. The molecule has 0 saturated heterocycles. The molecule has 0 spiro atoms. The molecule has 0 fully saturated rings. The van der Waals surface area contributed by atoms with E-state index in [-0.39, 0.29) is 31.4 Å². The van der Waals surface area contributed by atoms with E-state index in [2.05, 4.69) is 5.16 Å². The van der Waals surface area contributed by atoms with Crippen LogP contribution in [0.5, 0.6) is 0 Å². The first-order chi connectivity index (χ1) is 13.5. The van der Waals surface area contributed by atoms with E-state index in [1.807, 2.05) is 24.4 Å². The summed E-state index contributed by atoms with van der Waals surface area (Å²) in [7, 11) is 0. The number of nitrogens with zero attached hydrogens (tertiary/aromatic N) is 2. The van der Waals surface area contributed by atoms with E-state index in [0.717, 1.165) is 15.3 Å². The molecule has 0 radical (unpaired) electrons. The maximum Gasteiger partial charge on any atom is 0.307 e. The molecule has 0 aliphatic carbocycles. The minimum Gasteiger partial charge on any atom is -0.459 e. The Kier molecular flexibility index (Phi) is 4.79. The topological polar surface area (TPSA) is 89.7 Å². The van der Waals surface area contributed by atoms with Gasteiger partial charge in [-0.15, -0.1) is 11.3 Å². The number of hydrogen-bond donors (Lipinski definition) is 0. The van der Waals surface area contributed by atoms with Gasteiger partial charge in [-0.05, 0) is 30.5 Å². The normalized spacial score (nSPS) is 13.1. The highest BCUT2D eigenvalue weighted by Gasteiger charge is 2.35. The smallest absolute Gasteiger partial charge is 0.307 e. The number of aromatic nitrogens is 1. The van der Waals surface area contributed by atoms with E-state index < -0.39 is 5.97 Å². The molecular weight excluding hydrogens is 380 g/mol. The van der Waals surface area contributed by atoms with Crippen LogP contribution in [0, 0.1) is 6.92 Å². The van der Waals surface area contributed by atoms with Gasteiger partial charge in [-0.25, -0.2) is 0 Å². The number of carbonyl (C=O) groups excluding carboxylic acids is 3. The van der Waals surface area contributed by atoms with Gasteiger partial charge in [0.2, 0.25) is 0 Å². The third kappa shape index (κ3) is 3.46. The number of fused-ring (bicyclic) bond motifs is 1. The monoisotopic (exact) mass is 396 g/mol. The van der Waals surface area contributed by atoms with Crippen molar-refractivity contribution in [1.82, 2.24) is 10.1 Å². The average Bonchev–Trinajstić information content (AvgIpc) is 3.41. The number of imide groups is 1. The van der Waals surface area contributed by atoms with Gasteiger partial charge in [0.25, 0.3) is 11.8 Å². The lowest BCUT2D eigenvalue weighted by molar-refractivity contribution is -0.145. The van der Waals surface area contributed by atoms with Crippen molar-refractivity contribution < 1.29 is 23.6 Å². The van der Waals surface area contributed by atoms with E-state index in [1.54, 1.807) is 24.3 Å². The highest BCUT2D eigenvalue weighted by Crippen LogP contribution is 2.26. The molecule has 7 nitrogen and oxygen atoms in total. The highest BCUT2D eigenvalue weighted by molar-refractivity contribution is 7.13. The molecule has 2 aromatic heterocycles. The van der Waals surface area contributed by atoms with Gasteiger partial charge in [-0.1, -0.05) is 22.9 Å². The summed E-state index contributed by atoms with van der Waals surface area (Å²) in [5, 5.41) is 5.81. The van der Waals surface area contributed by atoms with Crippen LogP contribution in [0.15, 0.2) is 46.3 Å². The number of hydrogen-bond acceptors (Lipinski definition) is 7. The van der Waals surface area contributed by atoms with Crippen molar-refractivity contribution in [3.63, 3.8) is 0 Å². The lowest BCUT2D eigenvalue weighted by Crippen LogP contribution is -2.32. The number of rotatable bonds is 6. The number of amides is 2. The fourth-order valence-corrected chi connectivity index (χ4v) is 3.63. The summed E-state index contributed by atoms with van der Waals surface area (Å²) < 4.78 is 10.4. The van der Waals surface area contributed by atoms with E-state index >= 15 is 0 Å². The second-order valence-electron chi connectivity index (χ2n) is 6.38. The van der Waals surface area contributed by atoms with E-state index in [0.29, 0.717) is 22.6 Å². The van der Waals surface area contributed by atoms with Crippen LogP contribution in [0.25, 0.3) is 10.6 Å². The molecule has 0 N–H and O–H groups in total. The van der Waals surface area contributed by atoms with Crippen molar-refractivity contribution in [3.8, 4) is 10.6 Å². The summed E-state index contributed by atoms with van der Waals surface area (Å²) >= 11 is 1.52. The van der Waals surface area contributed by atoms with Crippen LogP contribution in [0.4, 0.5) is 0 Å². The molecule has 1 aliphatic heterocycles. The van der Waals surface area contributed by atoms with Gasteiger partial charge in [-0.2, -0.15) is 0 Å². The standard InChI is InChI=1S/C20H16N2O5S/c1-12-4-5-14-15(9-12)20(25)22(19(14)24)7-6-18(23)26-11-13-10-16(27-21-13)17-3-2-8-28-17/h2-5,8-10H,6-7,11H2,1H3. The Morgan fingerprint density at radius 1 is 1.18 bits per heavy atom. The van der Waals surface area contributed by atoms with Crippen molar-refractivity contribution in [2.24, 2.45) is 0 Å². The Morgan fingerprint density at radius 3 is 2.79 bits per heavy atom. The van der Waals surface area contributed by atoms with Crippen molar-refractivity contribution >= 4 is 29.1 Å². The van der Waals surface area contributed by atoms with Gasteiger partial charge in [-0.3, -0.25) is 19.3 Å². The number of benzene rings is 1. The largest absolute Gasteiger partial charge is 0.459 e. The third-order valence-corrected chi connectivity index (χ3v) is 5.25. The average molecular weight is 396 g/mol. The van der Waals surface area contributed by atoms with Gasteiger partial charge < -0.3 is 9.26 Å².